The second-order valence-electron chi connectivity index (χ2n) is 17.7. The Balaban J connectivity index is 1.46. The zero-order chi connectivity index (χ0) is 44.8. The van der Waals surface area contributed by atoms with Gasteiger partial charge in [-0.15, -0.1) is 0 Å². The predicted molar refractivity (Wildman–Crippen MR) is 229 cm³/mol. The summed E-state index contributed by atoms with van der Waals surface area (Å²) in [5, 5.41) is 20.4. The van der Waals surface area contributed by atoms with Crippen LogP contribution in [0.2, 0.25) is 0 Å². The summed E-state index contributed by atoms with van der Waals surface area (Å²) >= 11 is 0. The fourth-order valence-corrected chi connectivity index (χ4v) is 9.47. The molecule has 3 fully saturated rings. The van der Waals surface area contributed by atoms with E-state index in [-0.39, 0.29) is 30.6 Å². The van der Waals surface area contributed by atoms with E-state index >= 15 is 0 Å². The van der Waals surface area contributed by atoms with Gasteiger partial charge in [0.05, 0.1) is 23.9 Å². The Kier molecular flexibility index (Phi) is 15.8. The molecular formula is C46H67N5O10. The van der Waals surface area contributed by atoms with Gasteiger partial charge in [-0.3, -0.25) is 14.6 Å². The molecule has 0 bridgehead atoms. The molecule has 13 atom stereocenters. The van der Waals surface area contributed by atoms with Crippen molar-refractivity contribution in [3.05, 3.63) is 66.0 Å². The number of methoxy groups -OCH3 is 1. The zero-order valence-corrected chi connectivity index (χ0v) is 37.6. The molecule has 3 amide bonds. The Morgan fingerprint density at radius 2 is 1.74 bits per heavy atom. The van der Waals surface area contributed by atoms with Crippen LogP contribution in [-0.4, -0.2) is 121 Å². The lowest BCUT2D eigenvalue weighted by Gasteiger charge is -2.47. The van der Waals surface area contributed by atoms with Gasteiger partial charge in [0.25, 0.3) is 0 Å². The standard InChI is InChI=1S/C46H67N5O10/c1-12-36-46(8)39(50-44(56)61-46)28(4)34(19-21-48-43(55)49-24-31-15-17-32(18-16-31)33-14-13-20-47-25-33)26(2)23-45(7,57-11)40(29(5)37(52)30(6)41(54)59-36)60-42-38(53)35(51(9)10)22-27(3)58-42/h13-20,25-30,35-36,38-40,42,53H,12,21-24H2,1-11H3,(H,50,56)(H2,48,49,55)/b34-19+/t26-,27-,28+,29+,30-,35+,36-,38-,39+,40-,42?,45-,46-/m1/s1. The second-order valence-corrected chi connectivity index (χ2v) is 17.7. The van der Waals surface area contributed by atoms with E-state index in [0.717, 1.165) is 22.3 Å². The maximum Gasteiger partial charge on any atom is 0.408 e. The first kappa shape index (κ1) is 47.6. The Hall–Kier alpha value is -4.41. The molecule has 336 valence electrons. The predicted octanol–water partition coefficient (Wildman–Crippen LogP) is 5.40. The van der Waals surface area contributed by atoms with E-state index in [2.05, 4.69) is 20.9 Å². The van der Waals surface area contributed by atoms with Crippen LogP contribution in [0.5, 0.6) is 0 Å². The van der Waals surface area contributed by atoms with E-state index in [1.165, 1.54) is 6.92 Å². The molecule has 3 saturated heterocycles. The molecule has 0 aliphatic carbocycles. The van der Waals surface area contributed by atoms with Crippen LogP contribution in [0.4, 0.5) is 9.59 Å². The maximum atomic E-state index is 14.4. The molecule has 2 aromatic rings. The first-order chi connectivity index (χ1) is 28.8. The van der Waals surface area contributed by atoms with Crippen LogP contribution < -0.4 is 16.0 Å². The number of likely N-dealkylation sites (N-methyl/N-ethyl adjacent to an activating group) is 1. The largest absolute Gasteiger partial charge is 0.458 e. The number of aromatic nitrogens is 1. The molecule has 0 radical (unpaired) electrons. The van der Waals surface area contributed by atoms with Crippen molar-refractivity contribution < 1.29 is 48.0 Å². The number of aliphatic hydroxyl groups is 1. The molecule has 15 nitrogen and oxygen atoms in total. The summed E-state index contributed by atoms with van der Waals surface area (Å²) in [4.78, 5) is 60.6. The molecule has 3 aliphatic rings. The number of hydrogen-bond donors (Lipinski definition) is 4. The Bertz CT molecular complexity index is 1860. The molecule has 0 spiro atoms. The maximum absolute atomic E-state index is 14.4. The van der Waals surface area contributed by atoms with Crippen molar-refractivity contribution >= 4 is 23.9 Å². The number of nitrogens with zero attached hydrogens (tertiary/aromatic N) is 2. The van der Waals surface area contributed by atoms with Crippen LogP contribution in [0.25, 0.3) is 11.1 Å². The van der Waals surface area contributed by atoms with Crippen LogP contribution in [0.1, 0.15) is 80.2 Å². The van der Waals surface area contributed by atoms with E-state index in [4.69, 9.17) is 23.7 Å². The number of urea groups is 1. The number of benzene rings is 1. The van der Waals surface area contributed by atoms with Crippen LogP contribution >= 0.6 is 0 Å². The van der Waals surface area contributed by atoms with Gasteiger partial charge in [0.2, 0.25) is 0 Å². The van der Waals surface area contributed by atoms with Crippen LogP contribution in [0, 0.1) is 23.7 Å². The molecule has 3 aliphatic heterocycles. The topological polar surface area (TPSA) is 187 Å². The van der Waals surface area contributed by atoms with Gasteiger partial charge in [-0.2, -0.15) is 0 Å². The number of carbonyl (C=O) groups excluding carboxylic acids is 4. The normalized spacial score (nSPS) is 35.7. The number of esters is 1. The van der Waals surface area contributed by atoms with Crippen LogP contribution in [-0.2, 0) is 39.8 Å². The first-order valence-corrected chi connectivity index (χ1v) is 21.5. The van der Waals surface area contributed by atoms with Crippen molar-refractivity contribution in [2.45, 2.75) is 135 Å². The molecule has 1 aromatic heterocycles. The summed E-state index contributed by atoms with van der Waals surface area (Å²) in [6.07, 6.45) is 1.68. The molecule has 4 N–H and O–H groups in total. The molecule has 15 heteroatoms. The van der Waals surface area contributed by atoms with Gasteiger partial charge in [-0.05, 0) is 89.7 Å². The monoisotopic (exact) mass is 849 g/mol. The number of nitrogens with one attached hydrogen (secondary N) is 3. The lowest BCUT2D eigenvalue weighted by atomic mass is 9.71. The first-order valence-electron chi connectivity index (χ1n) is 21.5. The van der Waals surface area contributed by atoms with E-state index in [1.54, 1.807) is 33.4 Å². The van der Waals surface area contributed by atoms with Crippen molar-refractivity contribution in [1.29, 1.82) is 0 Å². The molecule has 0 saturated carbocycles. The van der Waals surface area contributed by atoms with E-state index < -0.39 is 77.4 Å². The van der Waals surface area contributed by atoms with Crippen molar-refractivity contribution in [2.75, 3.05) is 27.7 Å². The smallest absolute Gasteiger partial charge is 0.408 e. The summed E-state index contributed by atoms with van der Waals surface area (Å²) in [5.74, 6) is -4.03. The fraction of sp³-hybridized carbons (Fsp3) is 0.630. The fourth-order valence-electron chi connectivity index (χ4n) is 9.47. The highest BCUT2D eigenvalue weighted by Gasteiger charge is 2.56. The Morgan fingerprint density at radius 1 is 1.03 bits per heavy atom. The number of carbonyl (C=O) groups is 4. The molecular weight excluding hydrogens is 783 g/mol. The Morgan fingerprint density at radius 3 is 2.36 bits per heavy atom. The van der Waals surface area contributed by atoms with Crippen molar-refractivity contribution in [1.82, 2.24) is 25.8 Å². The van der Waals surface area contributed by atoms with E-state index in [9.17, 15) is 24.3 Å². The summed E-state index contributed by atoms with van der Waals surface area (Å²) in [6, 6.07) is 10.4. The van der Waals surface area contributed by atoms with Crippen molar-refractivity contribution in [2.24, 2.45) is 23.7 Å². The molecule has 1 aromatic carbocycles. The number of aliphatic hydroxyl groups excluding tert-OH is 1. The van der Waals surface area contributed by atoms with E-state index in [0.29, 0.717) is 25.8 Å². The summed E-state index contributed by atoms with van der Waals surface area (Å²) in [7, 11) is 5.31. The average molecular weight is 850 g/mol. The van der Waals surface area contributed by atoms with Crippen LogP contribution in [0.3, 0.4) is 0 Å². The van der Waals surface area contributed by atoms with E-state index in [1.807, 2.05) is 96.1 Å². The lowest BCUT2D eigenvalue weighted by Crippen LogP contribution is -2.59. The number of fused-ring (bicyclic) bond motifs is 1. The molecule has 61 heavy (non-hydrogen) atoms. The third kappa shape index (κ3) is 10.8. The highest BCUT2D eigenvalue weighted by atomic mass is 16.7. The zero-order valence-electron chi connectivity index (χ0n) is 37.6. The van der Waals surface area contributed by atoms with Gasteiger partial charge in [0, 0.05) is 50.5 Å². The van der Waals surface area contributed by atoms with Gasteiger partial charge in [0.15, 0.2) is 17.7 Å². The third-order valence-electron chi connectivity index (χ3n) is 13.1. The summed E-state index contributed by atoms with van der Waals surface area (Å²) in [6.45, 7) is 15.0. The quantitative estimate of drug-likeness (QED) is 0.136. The lowest BCUT2D eigenvalue weighted by molar-refractivity contribution is -0.295. The highest BCUT2D eigenvalue weighted by Crippen LogP contribution is 2.43. The second kappa shape index (κ2) is 20.2. The van der Waals surface area contributed by atoms with Gasteiger partial charge in [-0.25, -0.2) is 9.59 Å². The summed E-state index contributed by atoms with van der Waals surface area (Å²) < 4.78 is 31.3. The minimum atomic E-state index is -1.31. The third-order valence-corrected chi connectivity index (χ3v) is 13.1. The van der Waals surface area contributed by atoms with Gasteiger partial charge in [-0.1, -0.05) is 69.7 Å². The number of Topliss-reactive ketones (excluding diaryl/α,β-unsaturated/α-hetero) is 1. The van der Waals surface area contributed by atoms with Crippen molar-refractivity contribution in [3.8, 4) is 11.1 Å². The van der Waals surface area contributed by atoms with Gasteiger partial charge < -0.3 is 49.6 Å². The van der Waals surface area contributed by atoms with Crippen molar-refractivity contribution in [3.63, 3.8) is 0 Å². The minimum Gasteiger partial charge on any atom is -0.458 e. The number of alkyl carbamates (subject to hydrolysis) is 1. The molecule has 1 unspecified atom stereocenters. The number of rotatable bonds is 10. The number of pyridine rings is 1. The number of cyclic esters (lactones) is 1. The SMILES string of the molecule is CC[C@H]1OC(=O)[C@H](C)C(=O)[C@H](C)[C@@H](OC2O[C@H](C)C[C@H](N(C)C)[C@H]2O)[C@](C)(OC)C[C@@H](C)/C(=C\CNC(=O)NCc2ccc(-c3cccnc3)cc2)[C@H](C)[C@@H]2NC(=O)O[C@]12C. The number of amides is 3. The summed E-state index contributed by atoms with van der Waals surface area (Å²) in [5.41, 5.74) is 1.30. The number of ketones is 1. The minimum absolute atomic E-state index is 0.141. The van der Waals surface area contributed by atoms with Crippen LogP contribution in [0.15, 0.2) is 60.4 Å². The van der Waals surface area contributed by atoms with Gasteiger partial charge in [0.1, 0.15) is 18.1 Å². The number of ether oxygens (including phenoxy) is 5. The highest BCUT2D eigenvalue weighted by molar-refractivity contribution is 6.00. The number of hydrogen-bond acceptors (Lipinski definition) is 12. The average Bonchev–Trinajstić information content (AvgIpc) is 3.56. The van der Waals surface area contributed by atoms with Gasteiger partial charge >= 0.3 is 18.1 Å². The molecule has 4 heterocycles. The Labute approximate surface area is 360 Å². The molecule has 5 rings (SSSR count).